The van der Waals surface area contributed by atoms with E-state index in [0.717, 1.165) is 5.82 Å². The van der Waals surface area contributed by atoms with Crippen molar-refractivity contribution in [1.29, 1.82) is 0 Å². The molecule has 0 amide bonds. The van der Waals surface area contributed by atoms with Crippen LogP contribution in [0.3, 0.4) is 0 Å². The second-order valence-electron chi connectivity index (χ2n) is 5.32. The Balaban J connectivity index is 2.12. The van der Waals surface area contributed by atoms with E-state index in [0.29, 0.717) is 11.0 Å². The van der Waals surface area contributed by atoms with Gasteiger partial charge in [0.1, 0.15) is 5.82 Å². The zero-order valence-electron chi connectivity index (χ0n) is 10.2. The molecule has 0 fully saturated rings. The minimum absolute atomic E-state index is 0.0134. The van der Waals surface area contributed by atoms with Crippen LogP contribution in [0.25, 0.3) is 11.0 Å². The smallest absolute Gasteiger partial charge is 0.395 e. The minimum atomic E-state index is -3.59. The van der Waals surface area contributed by atoms with Crippen LogP contribution in [0.4, 0.5) is 8.78 Å². The molecule has 1 aromatic carbocycles. The predicted molar refractivity (Wildman–Crippen MR) is 61.0 cm³/mol. The molecule has 0 unspecified atom stereocenters. The van der Waals surface area contributed by atoms with Crippen LogP contribution in [-0.2, 0) is 5.41 Å². The number of aromatic nitrogens is 2. The van der Waals surface area contributed by atoms with E-state index >= 15 is 0 Å². The number of H-pyrrole nitrogens is 1. The summed E-state index contributed by atoms with van der Waals surface area (Å²) in [4.78, 5) is 7.47. The maximum Gasteiger partial charge on any atom is 0.586 e. The van der Waals surface area contributed by atoms with Gasteiger partial charge in [-0.3, -0.25) is 0 Å². The molecule has 0 bridgehead atoms. The van der Waals surface area contributed by atoms with E-state index < -0.39 is 6.29 Å². The third kappa shape index (κ3) is 1.68. The van der Waals surface area contributed by atoms with Crippen LogP contribution in [0.15, 0.2) is 12.1 Å². The van der Waals surface area contributed by atoms with Crippen molar-refractivity contribution in [2.24, 2.45) is 0 Å². The highest BCUT2D eigenvalue weighted by atomic mass is 19.3. The van der Waals surface area contributed by atoms with Gasteiger partial charge in [-0.25, -0.2) is 4.98 Å². The van der Waals surface area contributed by atoms with Crippen molar-refractivity contribution >= 4 is 11.0 Å². The van der Waals surface area contributed by atoms with E-state index in [1.807, 2.05) is 20.8 Å². The second-order valence-corrected chi connectivity index (χ2v) is 5.32. The molecular weight excluding hydrogens is 242 g/mol. The number of hydrogen-bond acceptors (Lipinski definition) is 3. The van der Waals surface area contributed by atoms with Crippen LogP contribution < -0.4 is 9.47 Å². The summed E-state index contributed by atoms with van der Waals surface area (Å²) in [6.45, 7) is 6.04. The van der Waals surface area contributed by atoms with Crippen LogP contribution in [0.1, 0.15) is 26.6 Å². The highest BCUT2D eigenvalue weighted by Gasteiger charge is 2.43. The molecule has 1 aliphatic heterocycles. The van der Waals surface area contributed by atoms with Gasteiger partial charge in [-0.2, -0.15) is 0 Å². The van der Waals surface area contributed by atoms with Crippen LogP contribution in [0.5, 0.6) is 11.5 Å². The van der Waals surface area contributed by atoms with Gasteiger partial charge >= 0.3 is 6.29 Å². The number of alkyl halides is 2. The summed E-state index contributed by atoms with van der Waals surface area (Å²) in [7, 11) is 0. The second kappa shape index (κ2) is 3.13. The van der Waals surface area contributed by atoms with Gasteiger partial charge in [0.15, 0.2) is 11.5 Å². The lowest BCUT2D eigenvalue weighted by Gasteiger charge is -2.13. The zero-order valence-corrected chi connectivity index (χ0v) is 10.2. The average molecular weight is 254 g/mol. The summed E-state index contributed by atoms with van der Waals surface area (Å²) in [5.41, 5.74) is 1.09. The quantitative estimate of drug-likeness (QED) is 0.785. The Morgan fingerprint density at radius 3 is 2.39 bits per heavy atom. The van der Waals surface area contributed by atoms with Gasteiger partial charge < -0.3 is 14.5 Å². The third-order valence-corrected chi connectivity index (χ3v) is 2.72. The highest BCUT2D eigenvalue weighted by Crippen LogP contribution is 2.43. The van der Waals surface area contributed by atoms with Crippen molar-refractivity contribution in [3.05, 3.63) is 18.0 Å². The molecule has 0 saturated carbocycles. The molecule has 0 saturated heterocycles. The Kier molecular flexibility index (Phi) is 1.95. The fourth-order valence-corrected chi connectivity index (χ4v) is 1.81. The number of imidazole rings is 1. The molecule has 0 atom stereocenters. The molecule has 2 heterocycles. The van der Waals surface area contributed by atoms with Crippen LogP contribution in [-0.4, -0.2) is 16.3 Å². The largest absolute Gasteiger partial charge is 0.586 e. The van der Waals surface area contributed by atoms with Crippen molar-refractivity contribution in [2.75, 3.05) is 0 Å². The molecule has 0 aliphatic carbocycles. The number of fused-ring (bicyclic) bond motifs is 2. The van der Waals surface area contributed by atoms with E-state index in [2.05, 4.69) is 19.4 Å². The molecule has 96 valence electrons. The predicted octanol–water partition coefficient (Wildman–Crippen LogP) is 3.18. The Hall–Kier alpha value is -1.85. The first-order valence-electron chi connectivity index (χ1n) is 5.55. The number of benzene rings is 1. The first-order chi connectivity index (χ1) is 8.24. The molecule has 1 aromatic heterocycles. The number of ether oxygens (including phenoxy) is 2. The topological polar surface area (TPSA) is 47.1 Å². The van der Waals surface area contributed by atoms with Gasteiger partial charge in [0.2, 0.25) is 0 Å². The van der Waals surface area contributed by atoms with Gasteiger partial charge in [0.25, 0.3) is 0 Å². The molecule has 0 spiro atoms. The fraction of sp³-hybridized carbons (Fsp3) is 0.417. The summed E-state index contributed by atoms with van der Waals surface area (Å²) in [5.74, 6) is 0.823. The van der Waals surface area contributed by atoms with E-state index in [-0.39, 0.29) is 16.9 Å². The molecule has 1 aliphatic rings. The Labute approximate surface area is 102 Å². The highest BCUT2D eigenvalue weighted by molar-refractivity contribution is 5.80. The van der Waals surface area contributed by atoms with Crippen molar-refractivity contribution in [2.45, 2.75) is 32.5 Å². The Morgan fingerprint density at radius 1 is 1.17 bits per heavy atom. The summed E-state index contributed by atoms with van der Waals surface area (Å²) in [5, 5.41) is 0. The van der Waals surface area contributed by atoms with Crippen LogP contribution in [0, 0.1) is 0 Å². The van der Waals surface area contributed by atoms with Crippen LogP contribution >= 0.6 is 0 Å². The Morgan fingerprint density at radius 2 is 1.78 bits per heavy atom. The summed E-state index contributed by atoms with van der Waals surface area (Å²) < 4.78 is 34.6. The minimum Gasteiger partial charge on any atom is -0.395 e. The van der Waals surface area contributed by atoms with E-state index in [1.165, 1.54) is 12.1 Å². The maximum atomic E-state index is 12.9. The van der Waals surface area contributed by atoms with Crippen molar-refractivity contribution in [3.63, 3.8) is 0 Å². The molecule has 6 heteroatoms. The van der Waals surface area contributed by atoms with Gasteiger partial charge in [-0.1, -0.05) is 20.8 Å². The zero-order chi connectivity index (χ0) is 13.1. The lowest BCUT2D eigenvalue weighted by Crippen LogP contribution is -2.25. The summed E-state index contributed by atoms with van der Waals surface area (Å²) in [6, 6.07) is 2.94. The summed E-state index contributed by atoms with van der Waals surface area (Å²) >= 11 is 0. The molecular formula is C12H12F2N2O2. The Bertz CT molecular complexity index is 584. The lowest BCUT2D eigenvalue weighted by molar-refractivity contribution is -0.286. The summed E-state index contributed by atoms with van der Waals surface area (Å²) in [6.07, 6.45) is -3.59. The first-order valence-corrected chi connectivity index (χ1v) is 5.55. The SMILES string of the molecule is CC(C)(C)c1nc2cc3c(cc2[nH]1)OC(F)(F)O3. The van der Waals surface area contributed by atoms with Crippen molar-refractivity contribution in [3.8, 4) is 11.5 Å². The molecule has 18 heavy (non-hydrogen) atoms. The van der Waals surface area contributed by atoms with Crippen molar-refractivity contribution in [1.82, 2.24) is 9.97 Å². The third-order valence-electron chi connectivity index (χ3n) is 2.72. The van der Waals surface area contributed by atoms with Gasteiger partial charge in [0, 0.05) is 17.5 Å². The lowest BCUT2D eigenvalue weighted by atomic mass is 9.96. The average Bonchev–Trinajstić information content (AvgIpc) is 2.70. The van der Waals surface area contributed by atoms with Crippen LogP contribution in [0.2, 0.25) is 0 Å². The molecule has 3 rings (SSSR count). The van der Waals surface area contributed by atoms with E-state index in [4.69, 9.17) is 0 Å². The number of nitrogens with zero attached hydrogens (tertiary/aromatic N) is 1. The number of nitrogens with one attached hydrogen (secondary N) is 1. The number of hydrogen-bond donors (Lipinski definition) is 1. The first kappa shape index (κ1) is 11.3. The van der Waals surface area contributed by atoms with Gasteiger partial charge in [0.05, 0.1) is 11.0 Å². The van der Waals surface area contributed by atoms with E-state index in [1.54, 1.807) is 0 Å². The molecule has 2 aromatic rings. The number of rotatable bonds is 0. The van der Waals surface area contributed by atoms with Crippen molar-refractivity contribution < 1.29 is 18.3 Å². The van der Waals surface area contributed by atoms with E-state index in [9.17, 15) is 8.78 Å². The number of halogens is 2. The fourth-order valence-electron chi connectivity index (χ4n) is 1.81. The molecule has 1 N–H and O–H groups in total. The monoisotopic (exact) mass is 254 g/mol. The maximum absolute atomic E-state index is 12.9. The van der Waals surface area contributed by atoms with Gasteiger partial charge in [-0.05, 0) is 0 Å². The standard InChI is InChI=1S/C12H12F2N2O2/c1-11(2,3)10-15-6-4-8-9(5-7(6)16-10)18-12(13,14)17-8/h4-5H,1-3H3,(H,15,16). The number of aromatic amines is 1. The molecule has 4 nitrogen and oxygen atoms in total. The normalized spacial score (nSPS) is 17.4. The molecule has 0 radical (unpaired) electrons. The van der Waals surface area contributed by atoms with Gasteiger partial charge in [-0.15, -0.1) is 8.78 Å².